The highest BCUT2D eigenvalue weighted by atomic mass is 16.5. The second-order valence-corrected chi connectivity index (χ2v) is 8.43. The van der Waals surface area contributed by atoms with E-state index in [9.17, 15) is 14.7 Å². The number of hydrogen-bond acceptors (Lipinski definition) is 5. The number of aliphatic carboxylic acids is 1. The molecule has 178 valence electrons. The minimum atomic E-state index is -0.954. The standard InChI is InChI=1S/C26H34N2O5/c1-2-13-32-15-12-28-19-22-17-24(33-14-6-4-8-23-7-3-5-11-27-23)10-9-20(22)16-21(26(28)31)18-25(29)30/h3,5,7,9-11,17,21H,2,4,6,8,12-16,18-19H2,1H3,(H,29,30)/t21-/m0/s1. The van der Waals surface area contributed by atoms with Gasteiger partial charge in [-0.25, -0.2) is 0 Å². The SMILES string of the molecule is CCCOCCN1Cc2cc(OCCCCc3ccccn3)ccc2C[C@@H](CC(=O)O)C1=O. The Morgan fingerprint density at radius 3 is 2.79 bits per heavy atom. The van der Waals surface area contributed by atoms with Gasteiger partial charge in [-0.3, -0.25) is 14.6 Å². The first-order valence-corrected chi connectivity index (χ1v) is 11.8. The van der Waals surface area contributed by atoms with Crippen LogP contribution in [-0.2, 0) is 33.7 Å². The van der Waals surface area contributed by atoms with Crippen molar-refractivity contribution >= 4 is 11.9 Å². The molecular formula is C26H34N2O5. The number of unbranched alkanes of at least 4 members (excludes halogenated alkanes) is 1. The van der Waals surface area contributed by atoms with Crippen molar-refractivity contribution in [2.45, 2.75) is 52.0 Å². The zero-order valence-corrected chi connectivity index (χ0v) is 19.4. The summed E-state index contributed by atoms with van der Waals surface area (Å²) in [4.78, 5) is 30.4. The van der Waals surface area contributed by atoms with Gasteiger partial charge in [0.2, 0.25) is 5.91 Å². The van der Waals surface area contributed by atoms with Gasteiger partial charge in [-0.15, -0.1) is 0 Å². The summed E-state index contributed by atoms with van der Waals surface area (Å²) in [5, 5.41) is 9.29. The number of carboxylic acid groups (broad SMARTS) is 1. The Morgan fingerprint density at radius 1 is 1.15 bits per heavy atom. The molecule has 0 saturated carbocycles. The Labute approximate surface area is 195 Å². The number of pyridine rings is 1. The number of carboxylic acids is 1. The summed E-state index contributed by atoms with van der Waals surface area (Å²) in [6.45, 7) is 4.64. The topological polar surface area (TPSA) is 89.0 Å². The monoisotopic (exact) mass is 454 g/mol. The van der Waals surface area contributed by atoms with Crippen molar-refractivity contribution in [3.8, 4) is 5.75 Å². The quantitative estimate of drug-likeness (QED) is 0.462. The second-order valence-electron chi connectivity index (χ2n) is 8.43. The highest BCUT2D eigenvalue weighted by Gasteiger charge is 2.31. The average molecular weight is 455 g/mol. The van der Waals surface area contributed by atoms with E-state index in [2.05, 4.69) is 4.98 Å². The molecule has 7 nitrogen and oxygen atoms in total. The second kappa shape index (κ2) is 12.9. The zero-order chi connectivity index (χ0) is 23.5. The predicted molar refractivity (Wildman–Crippen MR) is 125 cm³/mol. The van der Waals surface area contributed by atoms with Gasteiger partial charge in [0.15, 0.2) is 0 Å². The summed E-state index contributed by atoms with van der Waals surface area (Å²) in [6.07, 6.45) is 5.84. The Morgan fingerprint density at radius 2 is 2.03 bits per heavy atom. The van der Waals surface area contributed by atoms with Crippen molar-refractivity contribution in [1.29, 1.82) is 0 Å². The molecule has 0 fully saturated rings. The third-order valence-corrected chi connectivity index (χ3v) is 5.76. The van der Waals surface area contributed by atoms with E-state index in [0.717, 1.165) is 48.3 Å². The van der Waals surface area contributed by atoms with Crippen LogP contribution < -0.4 is 4.74 Å². The summed E-state index contributed by atoms with van der Waals surface area (Å²) < 4.78 is 11.5. The lowest BCUT2D eigenvalue weighted by molar-refractivity contribution is -0.145. The zero-order valence-electron chi connectivity index (χ0n) is 19.4. The lowest BCUT2D eigenvalue weighted by atomic mass is 9.94. The summed E-state index contributed by atoms with van der Waals surface area (Å²) in [5.74, 6) is -0.860. The van der Waals surface area contributed by atoms with Crippen molar-refractivity contribution < 1.29 is 24.2 Å². The van der Waals surface area contributed by atoms with Crippen LogP contribution in [0.15, 0.2) is 42.6 Å². The van der Waals surface area contributed by atoms with E-state index in [0.29, 0.717) is 39.3 Å². The molecule has 33 heavy (non-hydrogen) atoms. The molecule has 3 rings (SSSR count). The van der Waals surface area contributed by atoms with Gasteiger partial charge in [0, 0.05) is 31.6 Å². The number of aromatic nitrogens is 1. The van der Waals surface area contributed by atoms with Gasteiger partial charge in [-0.1, -0.05) is 19.1 Å². The van der Waals surface area contributed by atoms with Crippen molar-refractivity contribution in [1.82, 2.24) is 9.88 Å². The molecule has 1 aromatic heterocycles. The molecule has 2 heterocycles. The van der Waals surface area contributed by atoms with E-state index in [1.54, 1.807) is 4.90 Å². The Hall–Kier alpha value is -2.93. The molecule has 1 aliphatic rings. The number of carbonyl (C=O) groups is 2. The van der Waals surface area contributed by atoms with Gasteiger partial charge in [0.05, 0.1) is 25.6 Å². The number of aryl methyl sites for hydroxylation is 1. The molecule has 1 amide bonds. The number of hydrogen-bond donors (Lipinski definition) is 1. The van der Waals surface area contributed by atoms with Gasteiger partial charge in [0.1, 0.15) is 5.75 Å². The molecule has 1 atom stereocenters. The third kappa shape index (κ3) is 7.86. The fraction of sp³-hybridized carbons (Fsp3) is 0.500. The van der Waals surface area contributed by atoms with E-state index in [-0.39, 0.29) is 12.3 Å². The molecule has 0 aliphatic carbocycles. The normalized spacial score (nSPS) is 15.7. The van der Waals surface area contributed by atoms with E-state index < -0.39 is 11.9 Å². The van der Waals surface area contributed by atoms with Crippen LogP contribution in [0.2, 0.25) is 0 Å². The van der Waals surface area contributed by atoms with E-state index in [1.165, 1.54) is 0 Å². The van der Waals surface area contributed by atoms with Crippen LogP contribution in [0.3, 0.4) is 0 Å². The van der Waals surface area contributed by atoms with Crippen LogP contribution in [0.25, 0.3) is 0 Å². The van der Waals surface area contributed by atoms with Crippen LogP contribution in [0.5, 0.6) is 5.75 Å². The molecule has 1 aliphatic heterocycles. The smallest absolute Gasteiger partial charge is 0.304 e. The fourth-order valence-corrected chi connectivity index (χ4v) is 4.06. The molecule has 0 spiro atoms. The Bertz CT molecular complexity index is 903. The molecule has 0 unspecified atom stereocenters. The maximum Gasteiger partial charge on any atom is 0.304 e. The van der Waals surface area contributed by atoms with Gasteiger partial charge < -0.3 is 19.5 Å². The van der Waals surface area contributed by atoms with Crippen molar-refractivity contribution in [2.75, 3.05) is 26.4 Å². The van der Waals surface area contributed by atoms with Crippen LogP contribution in [0, 0.1) is 5.92 Å². The van der Waals surface area contributed by atoms with Gasteiger partial charge in [-0.05, 0) is 67.5 Å². The fourth-order valence-electron chi connectivity index (χ4n) is 4.06. The van der Waals surface area contributed by atoms with Crippen molar-refractivity contribution in [3.63, 3.8) is 0 Å². The van der Waals surface area contributed by atoms with Gasteiger partial charge >= 0.3 is 5.97 Å². The van der Waals surface area contributed by atoms with Crippen LogP contribution in [0.4, 0.5) is 0 Å². The number of ether oxygens (including phenoxy) is 2. The third-order valence-electron chi connectivity index (χ3n) is 5.76. The lowest BCUT2D eigenvalue weighted by Gasteiger charge is -2.24. The predicted octanol–water partition coefficient (Wildman–Crippen LogP) is 3.89. The number of nitrogens with zero attached hydrogens (tertiary/aromatic N) is 2. The molecule has 1 N–H and O–H groups in total. The molecule has 1 aromatic carbocycles. The number of fused-ring (bicyclic) bond motifs is 1. The largest absolute Gasteiger partial charge is 0.494 e. The first-order chi connectivity index (χ1) is 16.1. The molecule has 0 bridgehead atoms. The van der Waals surface area contributed by atoms with Crippen molar-refractivity contribution in [3.05, 3.63) is 59.4 Å². The summed E-state index contributed by atoms with van der Waals surface area (Å²) in [5.41, 5.74) is 3.11. The number of benzene rings is 1. The average Bonchev–Trinajstić information content (AvgIpc) is 2.93. The minimum absolute atomic E-state index is 0.120. The molecular weight excluding hydrogens is 420 g/mol. The van der Waals surface area contributed by atoms with Crippen LogP contribution >= 0.6 is 0 Å². The number of amides is 1. The molecule has 0 radical (unpaired) electrons. The van der Waals surface area contributed by atoms with E-state index in [4.69, 9.17) is 9.47 Å². The summed E-state index contributed by atoms with van der Waals surface area (Å²) in [7, 11) is 0. The molecule has 2 aromatic rings. The van der Waals surface area contributed by atoms with Gasteiger partial charge in [-0.2, -0.15) is 0 Å². The Balaban J connectivity index is 1.60. The number of carbonyl (C=O) groups excluding carboxylic acids is 1. The maximum absolute atomic E-state index is 13.0. The maximum atomic E-state index is 13.0. The van der Waals surface area contributed by atoms with Crippen LogP contribution in [0.1, 0.15) is 49.4 Å². The Kier molecular flexibility index (Phi) is 9.69. The summed E-state index contributed by atoms with van der Waals surface area (Å²) in [6, 6.07) is 11.8. The number of rotatable bonds is 13. The highest BCUT2D eigenvalue weighted by molar-refractivity contribution is 5.84. The first kappa shape index (κ1) is 24.7. The van der Waals surface area contributed by atoms with Crippen molar-refractivity contribution in [2.24, 2.45) is 5.92 Å². The minimum Gasteiger partial charge on any atom is -0.494 e. The lowest BCUT2D eigenvalue weighted by Crippen LogP contribution is -2.37. The highest BCUT2D eigenvalue weighted by Crippen LogP contribution is 2.28. The molecule has 7 heteroatoms. The van der Waals surface area contributed by atoms with E-state index in [1.807, 2.05) is 49.5 Å². The molecule has 0 saturated heterocycles. The van der Waals surface area contributed by atoms with Gasteiger partial charge in [0.25, 0.3) is 0 Å². The van der Waals surface area contributed by atoms with E-state index >= 15 is 0 Å². The van der Waals surface area contributed by atoms with Crippen LogP contribution in [-0.4, -0.2) is 53.2 Å². The summed E-state index contributed by atoms with van der Waals surface area (Å²) >= 11 is 0. The first-order valence-electron chi connectivity index (χ1n) is 11.8.